The molecule has 47 heavy (non-hydrogen) atoms. The summed E-state index contributed by atoms with van der Waals surface area (Å²) < 4.78 is 81.3. The molecule has 2 aliphatic heterocycles. The Morgan fingerprint density at radius 1 is 0.851 bits per heavy atom. The van der Waals surface area contributed by atoms with Crippen molar-refractivity contribution in [2.45, 2.75) is 57.9 Å². The Hall–Kier alpha value is -3.19. The SMILES string of the molecule is CC(C)CC(=O)N1CCC(C(=O)N2CCN(C(=O)N(C)c3cc(C(F)(F)F)cc(C(F)(F)F)c3)[C@H](Cc3ccc(Cl)c(Cl)c3)C2)CC1. The Balaban J connectivity index is 1.56. The number of likely N-dealkylation sites (tertiary alicyclic amines) is 1. The highest BCUT2D eigenvalue weighted by molar-refractivity contribution is 6.42. The maximum atomic E-state index is 13.8. The van der Waals surface area contributed by atoms with E-state index in [0.29, 0.717) is 55.1 Å². The van der Waals surface area contributed by atoms with Gasteiger partial charge in [-0.15, -0.1) is 0 Å². The second-order valence-corrected chi connectivity index (χ2v) is 13.3. The molecule has 2 aliphatic rings. The number of halogens is 8. The highest BCUT2D eigenvalue weighted by atomic mass is 35.5. The molecule has 0 aromatic heterocycles. The van der Waals surface area contributed by atoms with Gasteiger partial charge in [0, 0.05) is 57.8 Å². The van der Waals surface area contributed by atoms with Gasteiger partial charge in [0.2, 0.25) is 11.8 Å². The van der Waals surface area contributed by atoms with Crippen LogP contribution in [0.4, 0.5) is 36.8 Å². The first-order chi connectivity index (χ1) is 21.8. The summed E-state index contributed by atoms with van der Waals surface area (Å²) in [7, 11) is 1.11. The third kappa shape index (κ3) is 9.04. The summed E-state index contributed by atoms with van der Waals surface area (Å²) in [5.41, 5.74) is -3.00. The van der Waals surface area contributed by atoms with Gasteiger partial charge in [0.15, 0.2) is 0 Å². The van der Waals surface area contributed by atoms with Gasteiger partial charge >= 0.3 is 18.4 Å². The van der Waals surface area contributed by atoms with Gasteiger partial charge in [0.25, 0.3) is 0 Å². The van der Waals surface area contributed by atoms with Gasteiger partial charge in [-0.05, 0) is 61.1 Å². The number of hydrogen-bond donors (Lipinski definition) is 0. The van der Waals surface area contributed by atoms with E-state index in [-0.39, 0.29) is 60.8 Å². The van der Waals surface area contributed by atoms with Crippen molar-refractivity contribution in [3.8, 4) is 0 Å². The molecule has 15 heteroatoms. The molecular formula is C32H36Cl2F6N4O3. The lowest BCUT2D eigenvalue weighted by molar-refractivity contribution is -0.143. The predicted octanol–water partition coefficient (Wildman–Crippen LogP) is 7.63. The zero-order valence-corrected chi connectivity index (χ0v) is 27.6. The van der Waals surface area contributed by atoms with Gasteiger partial charge in [0.1, 0.15) is 0 Å². The van der Waals surface area contributed by atoms with E-state index < -0.39 is 41.2 Å². The molecule has 258 valence electrons. The largest absolute Gasteiger partial charge is 0.416 e. The lowest BCUT2D eigenvalue weighted by Crippen LogP contribution is -2.60. The Labute approximate surface area is 279 Å². The van der Waals surface area contributed by atoms with E-state index in [9.17, 15) is 40.7 Å². The number of carbonyl (C=O) groups excluding carboxylic acids is 3. The van der Waals surface area contributed by atoms with E-state index in [1.165, 1.54) is 4.90 Å². The third-order valence-electron chi connectivity index (χ3n) is 8.52. The number of benzene rings is 2. The van der Waals surface area contributed by atoms with Crippen LogP contribution < -0.4 is 4.90 Å². The average molecular weight is 710 g/mol. The van der Waals surface area contributed by atoms with Crippen LogP contribution >= 0.6 is 23.2 Å². The van der Waals surface area contributed by atoms with Gasteiger partial charge in [-0.25, -0.2) is 4.79 Å². The standard InChI is InChI=1S/C32H36Cl2F6N4O3/c1-19(2)12-28(45)42-8-6-21(7-9-42)29(46)43-10-11-44(25(18-43)13-20-4-5-26(33)27(34)14-20)30(47)41(3)24-16-22(31(35,36)37)15-23(17-24)32(38,39)40/h4-5,14-17,19,21,25H,6-13,18H2,1-3H3/t25-/m1/s1. The van der Waals surface area contributed by atoms with Crippen molar-refractivity contribution in [3.05, 3.63) is 63.1 Å². The van der Waals surface area contributed by atoms with Crippen LogP contribution in [-0.2, 0) is 28.4 Å². The van der Waals surface area contributed by atoms with E-state index in [0.717, 1.165) is 11.9 Å². The smallest absolute Gasteiger partial charge is 0.343 e. The molecule has 1 atom stereocenters. The summed E-state index contributed by atoms with van der Waals surface area (Å²) in [5, 5.41) is 0.553. The van der Waals surface area contributed by atoms with Crippen LogP contribution in [0.3, 0.4) is 0 Å². The highest BCUT2D eigenvalue weighted by Crippen LogP contribution is 2.38. The van der Waals surface area contributed by atoms with E-state index in [4.69, 9.17) is 23.2 Å². The fourth-order valence-corrected chi connectivity index (χ4v) is 6.29. The van der Waals surface area contributed by atoms with Crippen molar-refractivity contribution in [3.63, 3.8) is 0 Å². The van der Waals surface area contributed by atoms with Crippen LogP contribution in [0.1, 0.15) is 49.8 Å². The monoisotopic (exact) mass is 708 g/mol. The third-order valence-corrected chi connectivity index (χ3v) is 9.26. The number of urea groups is 1. The minimum atomic E-state index is -5.08. The number of nitrogens with zero attached hydrogens (tertiary/aromatic N) is 4. The first kappa shape index (κ1) is 36.6. The van der Waals surface area contributed by atoms with Gasteiger partial charge in [-0.3, -0.25) is 14.5 Å². The van der Waals surface area contributed by atoms with Gasteiger partial charge in [-0.2, -0.15) is 26.3 Å². The molecule has 2 saturated heterocycles. The number of piperazine rings is 1. The van der Waals surface area contributed by atoms with Crippen LogP contribution in [0.2, 0.25) is 10.0 Å². The molecule has 0 unspecified atom stereocenters. The van der Waals surface area contributed by atoms with Crippen molar-refractivity contribution < 1.29 is 40.7 Å². The summed E-state index contributed by atoms with van der Waals surface area (Å²) in [6.45, 7) is 5.00. The minimum Gasteiger partial charge on any atom is -0.343 e. The molecule has 2 aromatic rings. The van der Waals surface area contributed by atoms with Crippen LogP contribution in [0.15, 0.2) is 36.4 Å². The van der Waals surface area contributed by atoms with Crippen LogP contribution in [0, 0.1) is 11.8 Å². The van der Waals surface area contributed by atoms with Crippen molar-refractivity contribution >= 4 is 46.7 Å². The van der Waals surface area contributed by atoms with Crippen molar-refractivity contribution in [2.24, 2.45) is 11.8 Å². The summed E-state index contributed by atoms with van der Waals surface area (Å²) in [4.78, 5) is 45.5. The zero-order chi connectivity index (χ0) is 34.8. The fourth-order valence-electron chi connectivity index (χ4n) is 5.97. The molecule has 0 bridgehead atoms. The molecule has 2 fully saturated rings. The van der Waals surface area contributed by atoms with Gasteiger partial charge < -0.3 is 14.7 Å². The lowest BCUT2D eigenvalue weighted by Gasteiger charge is -2.44. The van der Waals surface area contributed by atoms with Gasteiger partial charge in [-0.1, -0.05) is 43.1 Å². The molecule has 0 radical (unpaired) electrons. The molecule has 2 heterocycles. The number of rotatable bonds is 6. The predicted molar refractivity (Wildman–Crippen MR) is 166 cm³/mol. The molecular weight excluding hydrogens is 673 g/mol. The average Bonchev–Trinajstić information content (AvgIpc) is 3.00. The van der Waals surface area contributed by atoms with Gasteiger partial charge in [0.05, 0.1) is 27.2 Å². The Kier molecular flexibility index (Phi) is 11.3. The topological polar surface area (TPSA) is 64.2 Å². The highest BCUT2D eigenvalue weighted by Gasteiger charge is 2.40. The number of anilines is 1. The quantitative estimate of drug-likeness (QED) is 0.290. The fraction of sp³-hybridized carbons (Fsp3) is 0.531. The normalized spacial score (nSPS) is 18.1. The minimum absolute atomic E-state index is 0.00396. The number of piperidine rings is 1. The Morgan fingerprint density at radius 2 is 1.45 bits per heavy atom. The summed E-state index contributed by atoms with van der Waals surface area (Å²) in [6, 6.07) is 4.34. The van der Waals surface area contributed by atoms with E-state index in [1.54, 1.807) is 28.0 Å². The maximum Gasteiger partial charge on any atom is 0.416 e. The number of carbonyl (C=O) groups is 3. The van der Waals surface area contributed by atoms with Crippen molar-refractivity contribution in [1.29, 1.82) is 0 Å². The first-order valence-electron chi connectivity index (χ1n) is 15.2. The molecule has 0 spiro atoms. The second kappa shape index (κ2) is 14.5. The molecule has 4 amide bonds. The summed E-state index contributed by atoms with van der Waals surface area (Å²) in [5.74, 6) is -0.201. The number of hydrogen-bond acceptors (Lipinski definition) is 3. The summed E-state index contributed by atoms with van der Waals surface area (Å²) in [6.07, 6.45) is -8.59. The number of alkyl halides is 6. The molecule has 0 aliphatic carbocycles. The van der Waals surface area contributed by atoms with Crippen LogP contribution in [0.25, 0.3) is 0 Å². The first-order valence-corrected chi connectivity index (χ1v) is 15.9. The van der Waals surface area contributed by atoms with Crippen LogP contribution in [0.5, 0.6) is 0 Å². The number of amides is 4. The van der Waals surface area contributed by atoms with E-state index >= 15 is 0 Å². The van der Waals surface area contributed by atoms with E-state index in [1.807, 2.05) is 13.8 Å². The molecule has 0 N–H and O–H groups in total. The summed E-state index contributed by atoms with van der Waals surface area (Å²) >= 11 is 12.3. The lowest BCUT2D eigenvalue weighted by atomic mass is 9.93. The molecule has 4 rings (SSSR count). The molecule has 7 nitrogen and oxygen atoms in total. The van der Waals surface area contributed by atoms with Crippen LogP contribution in [-0.4, -0.2) is 78.4 Å². The maximum absolute atomic E-state index is 13.8. The Morgan fingerprint density at radius 3 is 1.98 bits per heavy atom. The van der Waals surface area contributed by atoms with E-state index in [2.05, 4.69) is 0 Å². The molecule has 0 saturated carbocycles. The second-order valence-electron chi connectivity index (χ2n) is 12.4. The molecule has 2 aromatic carbocycles. The Bertz CT molecular complexity index is 1450. The zero-order valence-electron chi connectivity index (χ0n) is 26.1. The van der Waals surface area contributed by atoms with Crippen molar-refractivity contribution in [1.82, 2.24) is 14.7 Å². The van der Waals surface area contributed by atoms with Crippen molar-refractivity contribution in [2.75, 3.05) is 44.7 Å².